The Morgan fingerprint density at radius 1 is 0.771 bits per heavy atom. The van der Waals surface area contributed by atoms with Gasteiger partial charge >= 0.3 is 0 Å². The molecular formula is C31H61ClN2O. The molecule has 0 aliphatic heterocycles. The third-order valence-corrected chi connectivity index (χ3v) is 8.23. The molecule has 1 aliphatic carbocycles. The molecule has 1 aliphatic rings. The first kappa shape index (κ1) is 32.7. The van der Waals surface area contributed by atoms with Gasteiger partial charge in [-0.25, -0.2) is 0 Å². The molecule has 0 radical (unpaired) electrons. The zero-order valence-electron chi connectivity index (χ0n) is 23.8. The molecular weight excluding hydrogens is 452 g/mol. The second kappa shape index (κ2) is 24.1. The van der Waals surface area contributed by atoms with Crippen LogP contribution in [0.4, 0.5) is 0 Å². The number of unbranched alkanes of at least 4 members (excludes halogenated alkanes) is 10. The number of carbonyl (C=O) groups is 1. The summed E-state index contributed by atoms with van der Waals surface area (Å²) in [5.41, 5.74) is 0. The fourth-order valence-electron chi connectivity index (χ4n) is 5.81. The van der Waals surface area contributed by atoms with E-state index in [1.54, 1.807) is 0 Å². The molecule has 3 nitrogen and oxygen atoms in total. The maximum absolute atomic E-state index is 12.6. The van der Waals surface area contributed by atoms with Gasteiger partial charge in [0.25, 0.3) is 0 Å². The Morgan fingerprint density at radius 3 is 1.97 bits per heavy atom. The summed E-state index contributed by atoms with van der Waals surface area (Å²) in [5.74, 6) is 1.62. The van der Waals surface area contributed by atoms with Gasteiger partial charge in [0.05, 0.1) is 0 Å². The molecule has 1 unspecified atom stereocenters. The lowest BCUT2D eigenvalue weighted by atomic mass is 9.91. The summed E-state index contributed by atoms with van der Waals surface area (Å²) in [4.78, 5) is 15.3. The summed E-state index contributed by atoms with van der Waals surface area (Å²) in [6.07, 6.45) is 28.3. The summed E-state index contributed by atoms with van der Waals surface area (Å²) < 4.78 is 0. The van der Waals surface area contributed by atoms with Crippen molar-refractivity contribution in [2.75, 3.05) is 25.5 Å². The number of rotatable bonds is 23. The molecule has 0 aromatic rings. The highest BCUT2D eigenvalue weighted by Gasteiger charge is 2.19. The molecule has 0 aromatic carbocycles. The molecule has 0 spiro atoms. The van der Waals surface area contributed by atoms with Gasteiger partial charge in [0.15, 0.2) is 0 Å². The lowest BCUT2D eigenvalue weighted by molar-refractivity contribution is -0.122. The SMILES string of the molecule is CCCCCCCCC(CCCCCC)CC(=O)NCCCCCN(CCCl)C1CCCCCC1. The molecule has 1 saturated carbocycles. The third kappa shape index (κ3) is 18.6. The van der Waals surface area contributed by atoms with Crippen molar-refractivity contribution in [1.29, 1.82) is 0 Å². The number of alkyl halides is 1. The van der Waals surface area contributed by atoms with Crippen LogP contribution in [0.25, 0.3) is 0 Å². The van der Waals surface area contributed by atoms with Crippen LogP contribution in [0.15, 0.2) is 0 Å². The highest BCUT2D eigenvalue weighted by Crippen LogP contribution is 2.23. The van der Waals surface area contributed by atoms with E-state index in [2.05, 4.69) is 24.1 Å². The predicted molar refractivity (Wildman–Crippen MR) is 156 cm³/mol. The lowest BCUT2D eigenvalue weighted by Crippen LogP contribution is -2.37. The van der Waals surface area contributed by atoms with Crippen LogP contribution in [0, 0.1) is 5.92 Å². The van der Waals surface area contributed by atoms with Gasteiger partial charge in [-0.1, -0.05) is 110 Å². The van der Waals surface area contributed by atoms with Crippen molar-refractivity contribution >= 4 is 17.5 Å². The predicted octanol–water partition coefficient (Wildman–Crippen LogP) is 9.26. The average Bonchev–Trinajstić information content (AvgIpc) is 3.14. The van der Waals surface area contributed by atoms with E-state index in [0.717, 1.165) is 37.9 Å². The van der Waals surface area contributed by atoms with Gasteiger partial charge in [-0.3, -0.25) is 9.69 Å². The van der Waals surface area contributed by atoms with E-state index in [1.165, 1.54) is 135 Å². The minimum absolute atomic E-state index is 0.290. The number of amides is 1. The first-order chi connectivity index (χ1) is 17.2. The van der Waals surface area contributed by atoms with Gasteiger partial charge in [0, 0.05) is 31.4 Å². The molecule has 1 fully saturated rings. The largest absolute Gasteiger partial charge is 0.356 e. The van der Waals surface area contributed by atoms with Gasteiger partial charge in [0.1, 0.15) is 0 Å². The maximum Gasteiger partial charge on any atom is 0.220 e. The topological polar surface area (TPSA) is 32.3 Å². The monoisotopic (exact) mass is 512 g/mol. The van der Waals surface area contributed by atoms with Crippen LogP contribution in [-0.2, 0) is 4.79 Å². The first-order valence-corrected chi connectivity index (χ1v) is 16.3. The van der Waals surface area contributed by atoms with Crippen molar-refractivity contribution in [1.82, 2.24) is 10.2 Å². The van der Waals surface area contributed by atoms with Gasteiger partial charge in [-0.05, 0) is 51.0 Å². The Balaban J connectivity index is 2.22. The van der Waals surface area contributed by atoms with Crippen molar-refractivity contribution in [3.63, 3.8) is 0 Å². The Morgan fingerprint density at radius 2 is 1.34 bits per heavy atom. The highest BCUT2D eigenvalue weighted by molar-refractivity contribution is 6.18. The zero-order chi connectivity index (χ0) is 25.4. The van der Waals surface area contributed by atoms with Crippen molar-refractivity contribution < 1.29 is 4.79 Å². The van der Waals surface area contributed by atoms with Gasteiger partial charge in [-0.2, -0.15) is 0 Å². The van der Waals surface area contributed by atoms with Crippen molar-refractivity contribution in [3.05, 3.63) is 0 Å². The smallest absolute Gasteiger partial charge is 0.220 e. The fraction of sp³-hybridized carbons (Fsp3) is 0.968. The number of nitrogens with one attached hydrogen (secondary N) is 1. The summed E-state index contributed by atoms with van der Waals surface area (Å²) in [7, 11) is 0. The molecule has 1 amide bonds. The molecule has 1 N–H and O–H groups in total. The van der Waals surface area contributed by atoms with Crippen LogP contribution in [-0.4, -0.2) is 42.4 Å². The second-order valence-corrected chi connectivity index (χ2v) is 11.6. The number of hydrogen-bond donors (Lipinski definition) is 1. The quantitative estimate of drug-likeness (QED) is 0.0839. The molecule has 0 aromatic heterocycles. The molecule has 0 heterocycles. The minimum atomic E-state index is 0.290. The lowest BCUT2D eigenvalue weighted by Gasteiger charge is -2.30. The number of hydrogen-bond acceptors (Lipinski definition) is 2. The highest BCUT2D eigenvalue weighted by atomic mass is 35.5. The third-order valence-electron chi connectivity index (χ3n) is 8.06. The molecule has 35 heavy (non-hydrogen) atoms. The zero-order valence-corrected chi connectivity index (χ0v) is 24.5. The van der Waals surface area contributed by atoms with E-state index in [9.17, 15) is 4.79 Å². The molecule has 4 heteroatoms. The summed E-state index contributed by atoms with van der Waals surface area (Å²) in [5, 5.41) is 3.24. The van der Waals surface area contributed by atoms with Crippen molar-refractivity contribution in [3.8, 4) is 0 Å². The number of carbonyl (C=O) groups excluding carboxylic acids is 1. The Labute approximate surface area is 224 Å². The van der Waals surface area contributed by atoms with Crippen LogP contribution in [0.5, 0.6) is 0 Å². The van der Waals surface area contributed by atoms with Crippen LogP contribution in [0.1, 0.15) is 155 Å². The summed E-state index contributed by atoms with van der Waals surface area (Å²) >= 11 is 6.11. The Kier molecular flexibility index (Phi) is 22.5. The molecule has 0 bridgehead atoms. The molecule has 0 saturated heterocycles. The van der Waals surface area contributed by atoms with E-state index in [1.807, 2.05) is 0 Å². The van der Waals surface area contributed by atoms with Crippen LogP contribution < -0.4 is 5.32 Å². The number of nitrogens with zero attached hydrogens (tertiary/aromatic N) is 1. The van der Waals surface area contributed by atoms with Crippen molar-refractivity contribution in [2.24, 2.45) is 5.92 Å². The molecule has 1 rings (SSSR count). The van der Waals surface area contributed by atoms with Gasteiger partial charge in [0.2, 0.25) is 5.91 Å². The van der Waals surface area contributed by atoms with E-state index in [0.29, 0.717) is 11.8 Å². The van der Waals surface area contributed by atoms with E-state index in [4.69, 9.17) is 11.6 Å². The van der Waals surface area contributed by atoms with Crippen LogP contribution in [0.2, 0.25) is 0 Å². The minimum Gasteiger partial charge on any atom is -0.356 e. The summed E-state index contributed by atoms with van der Waals surface area (Å²) in [6.45, 7) is 7.59. The number of halogens is 1. The Hall–Kier alpha value is -0.280. The second-order valence-electron chi connectivity index (χ2n) is 11.3. The van der Waals surface area contributed by atoms with Crippen LogP contribution >= 0.6 is 11.6 Å². The van der Waals surface area contributed by atoms with Crippen molar-refractivity contribution in [2.45, 2.75) is 161 Å². The Bertz CT molecular complexity index is 465. The standard InChI is InChI=1S/C31H61ClN2O/c1-3-5-7-9-10-15-21-29(20-14-8-6-4-2)28-31(35)33-25-18-13-19-26-34(27-24-32)30-22-16-11-12-17-23-30/h29-30H,3-28H2,1-2H3,(H,33,35). The van der Waals surface area contributed by atoms with Crippen LogP contribution in [0.3, 0.4) is 0 Å². The molecule has 208 valence electrons. The first-order valence-electron chi connectivity index (χ1n) is 15.8. The fourth-order valence-corrected chi connectivity index (χ4v) is 6.03. The average molecular weight is 513 g/mol. The van der Waals surface area contributed by atoms with E-state index in [-0.39, 0.29) is 0 Å². The van der Waals surface area contributed by atoms with E-state index >= 15 is 0 Å². The summed E-state index contributed by atoms with van der Waals surface area (Å²) in [6, 6.07) is 0.747. The van der Waals surface area contributed by atoms with Gasteiger partial charge < -0.3 is 5.32 Å². The maximum atomic E-state index is 12.6. The van der Waals surface area contributed by atoms with Gasteiger partial charge in [-0.15, -0.1) is 11.6 Å². The normalized spacial score (nSPS) is 15.9. The molecule has 1 atom stereocenters. The van der Waals surface area contributed by atoms with E-state index < -0.39 is 0 Å².